The van der Waals surface area contributed by atoms with Gasteiger partial charge in [0, 0.05) is 30.2 Å². The lowest BCUT2D eigenvalue weighted by Crippen LogP contribution is -2.18. The molecule has 0 aliphatic carbocycles. The molecule has 3 aromatic rings. The van der Waals surface area contributed by atoms with Gasteiger partial charge in [-0.05, 0) is 29.3 Å². The minimum absolute atomic E-state index is 0.129. The second-order valence-corrected chi connectivity index (χ2v) is 5.86. The maximum absolute atomic E-state index is 13.6. The van der Waals surface area contributed by atoms with Gasteiger partial charge in [0.2, 0.25) is 0 Å². The Bertz CT molecular complexity index is 994. The number of aliphatic carboxylic acids is 1. The van der Waals surface area contributed by atoms with Crippen molar-refractivity contribution in [2.75, 3.05) is 0 Å². The van der Waals surface area contributed by atoms with Crippen molar-refractivity contribution >= 4 is 16.9 Å². The fourth-order valence-corrected chi connectivity index (χ4v) is 2.83. The van der Waals surface area contributed by atoms with Crippen molar-refractivity contribution in [1.82, 2.24) is 4.57 Å². The van der Waals surface area contributed by atoms with Crippen molar-refractivity contribution in [2.24, 2.45) is 5.73 Å². The lowest BCUT2D eigenvalue weighted by molar-refractivity contribution is -0.136. The van der Waals surface area contributed by atoms with Gasteiger partial charge in [-0.1, -0.05) is 24.3 Å². The molecule has 0 saturated heterocycles. The number of rotatable bonds is 5. The molecule has 2 aromatic carbocycles. The third-order valence-corrected chi connectivity index (χ3v) is 4.07. The molecule has 0 fully saturated rings. The highest BCUT2D eigenvalue weighted by Crippen LogP contribution is 2.16. The van der Waals surface area contributed by atoms with Gasteiger partial charge in [-0.2, -0.15) is 0 Å². The van der Waals surface area contributed by atoms with Crippen molar-refractivity contribution in [3.63, 3.8) is 0 Å². The Labute approximate surface area is 143 Å². The Morgan fingerprint density at radius 1 is 1.12 bits per heavy atom. The van der Waals surface area contributed by atoms with Crippen molar-refractivity contribution in [1.29, 1.82) is 0 Å². The number of fused-ring (bicyclic) bond motifs is 1. The van der Waals surface area contributed by atoms with Crippen LogP contribution in [0.1, 0.15) is 16.7 Å². The van der Waals surface area contributed by atoms with Crippen LogP contribution in [0.2, 0.25) is 0 Å². The zero-order chi connectivity index (χ0) is 18.0. The summed E-state index contributed by atoms with van der Waals surface area (Å²) in [6, 6.07) is 11.6. The molecule has 5 nitrogen and oxygen atoms in total. The van der Waals surface area contributed by atoms with E-state index in [2.05, 4.69) is 0 Å². The van der Waals surface area contributed by atoms with Crippen LogP contribution in [0.4, 0.5) is 4.39 Å². The molecule has 25 heavy (non-hydrogen) atoms. The first-order valence-electron chi connectivity index (χ1n) is 7.79. The predicted octanol–water partition coefficient (Wildman–Crippen LogP) is 2.27. The average Bonchev–Trinajstić information content (AvgIpc) is 2.59. The molecule has 6 heteroatoms. The maximum atomic E-state index is 13.6. The van der Waals surface area contributed by atoms with E-state index in [1.54, 1.807) is 4.57 Å². The third kappa shape index (κ3) is 3.59. The summed E-state index contributed by atoms with van der Waals surface area (Å²) in [6.07, 6.45) is 1.13. The molecule has 0 aliphatic rings. The van der Waals surface area contributed by atoms with Gasteiger partial charge < -0.3 is 15.4 Å². The summed E-state index contributed by atoms with van der Waals surface area (Å²) in [6.45, 7) is 0.878. The summed E-state index contributed by atoms with van der Waals surface area (Å²) >= 11 is 0. The Balaban J connectivity index is 2.13. The Kier molecular flexibility index (Phi) is 4.63. The first kappa shape index (κ1) is 16.9. The van der Waals surface area contributed by atoms with Gasteiger partial charge in [-0.3, -0.25) is 9.59 Å². The molecule has 0 saturated carbocycles. The number of nitrogens with zero attached hydrogens (tertiary/aromatic N) is 1. The summed E-state index contributed by atoms with van der Waals surface area (Å²) in [7, 11) is 0. The number of pyridine rings is 1. The summed E-state index contributed by atoms with van der Waals surface area (Å²) in [5.74, 6) is -1.64. The summed E-state index contributed by atoms with van der Waals surface area (Å²) in [4.78, 5) is 23.5. The molecule has 3 N–H and O–H groups in total. The fraction of sp³-hybridized carbons (Fsp3) is 0.158. The molecule has 0 atom stereocenters. The van der Waals surface area contributed by atoms with E-state index in [4.69, 9.17) is 10.8 Å². The molecule has 0 spiro atoms. The zero-order valence-electron chi connectivity index (χ0n) is 13.4. The molecule has 0 unspecified atom stereocenters. The zero-order valence-corrected chi connectivity index (χ0v) is 13.4. The van der Waals surface area contributed by atoms with Crippen LogP contribution in [0, 0.1) is 5.82 Å². The fourth-order valence-electron chi connectivity index (χ4n) is 2.83. The van der Waals surface area contributed by atoms with Crippen molar-refractivity contribution < 1.29 is 14.3 Å². The minimum atomic E-state index is -1.10. The van der Waals surface area contributed by atoms with Crippen molar-refractivity contribution in [3.8, 4) is 0 Å². The van der Waals surface area contributed by atoms with Crippen LogP contribution in [0.25, 0.3) is 10.9 Å². The number of carboxylic acids is 1. The largest absolute Gasteiger partial charge is 0.481 e. The average molecular weight is 340 g/mol. The number of nitrogens with two attached hydrogens (primary N) is 1. The quantitative estimate of drug-likeness (QED) is 0.746. The van der Waals surface area contributed by atoms with Crippen LogP contribution < -0.4 is 11.2 Å². The summed E-state index contributed by atoms with van der Waals surface area (Å²) < 4.78 is 15.3. The van der Waals surface area contributed by atoms with Crippen LogP contribution in [-0.2, 0) is 24.3 Å². The molecule has 0 aliphatic heterocycles. The first-order valence-corrected chi connectivity index (χ1v) is 7.79. The van der Waals surface area contributed by atoms with Crippen LogP contribution >= 0.6 is 0 Å². The Hall–Kier alpha value is -2.99. The van der Waals surface area contributed by atoms with Crippen molar-refractivity contribution in [2.45, 2.75) is 19.5 Å². The molecule has 0 radical (unpaired) electrons. The Morgan fingerprint density at radius 3 is 2.44 bits per heavy atom. The maximum Gasteiger partial charge on any atom is 0.308 e. The van der Waals surface area contributed by atoms with E-state index in [-0.39, 0.29) is 10.9 Å². The lowest BCUT2D eigenvalue weighted by atomic mass is 10.1. The van der Waals surface area contributed by atoms with E-state index in [1.165, 1.54) is 18.3 Å². The highest BCUT2D eigenvalue weighted by atomic mass is 19.1. The van der Waals surface area contributed by atoms with Crippen LogP contribution in [0.3, 0.4) is 0 Å². The first-order chi connectivity index (χ1) is 12.0. The lowest BCUT2D eigenvalue weighted by Gasteiger charge is -2.13. The second-order valence-electron chi connectivity index (χ2n) is 5.86. The minimum Gasteiger partial charge on any atom is -0.481 e. The van der Waals surface area contributed by atoms with Crippen LogP contribution in [-0.4, -0.2) is 15.6 Å². The summed E-state index contributed by atoms with van der Waals surface area (Å²) in [5, 5.41) is 9.20. The SMILES string of the molecule is NCc1ccc(Cn2cc(CC(=O)O)c(=O)c3cc(F)ccc32)cc1. The smallest absolute Gasteiger partial charge is 0.308 e. The van der Waals surface area contributed by atoms with Gasteiger partial charge in [0.15, 0.2) is 5.43 Å². The normalized spacial score (nSPS) is 11.0. The van der Waals surface area contributed by atoms with E-state index < -0.39 is 23.6 Å². The Morgan fingerprint density at radius 2 is 1.80 bits per heavy atom. The highest BCUT2D eigenvalue weighted by Gasteiger charge is 2.13. The number of hydrogen-bond acceptors (Lipinski definition) is 3. The molecule has 1 aromatic heterocycles. The molecule has 128 valence electrons. The van der Waals surface area contributed by atoms with E-state index in [1.807, 2.05) is 24.3 Å². The number of halogens is 1. The van der Waals surface area contributed by atoms with E-state index >= 15 is 0 Å². The van der Waals surface area contributed by atoms with Crippen LogP contribution in [0.5, 0.6) is 0 Å². The van der Waals surface area contributed by atoms with Gasteiger partial charge in [-0.25, -0.2) is 4.39 Å². The van der Waals surface area contributed by atoms with E-state index in [0.29, 0.717) is 18.6 Å². The number of carboxylic acid groups (broad SMARTS) is 1. The number of benzene rings is 2. The van der Waals surface area contributed by atoms with Gasteiger partial charge in [0.25, 0.3) is 0 Å². The second kappa shape index (κ2) is 6.86. The molecule has 0 amide bonds. The van der Waals surface area contributed by atoms with Crippen LogP contribution in [0.15, 0.2) is 53.5 Å². The molecular formula is C19H17FN2O3. The standard InChI is InChI=1S/C19H17FN2O3/c20-15-5-6-17-16(8-15)19(25)14(7-18(23)24)11-22(17)10-13-3-1-12(9-21)2-4-13/h1-6,8,11H,7,9-10,21H2,(H,23,24). The van der Waals surface area contributed by atoms with Gasteiger partial charge in [0.1, 0.15) is 5.82 Å². The molecule has 1 heterocycles. The number of aromatic nitrogens is 1. The third-order valence-electron chi connectivity index (χ3n) is 4.07. The van der Waals surface area contributed by atoms with E-state index in [9.17, 15) is 14.0 Å². The molecular weight excluding hydrogens is 323 g/mol. The highest BCUT2D eigenvalue weighted by molar-refractivity contribution is 5.81. The molecule has 0 bridgehead atoms. The summed E-state index contributed by atoms with van der Waals surface area (Å²) in [5.41, 5.74) is 7.80. The van der Waals surface area contributed by atoms with Gasteiger partial charge in [0.05, 0.1) is 11.9 Å². The van der Waals surface area contributed by atoms with Crippen molar-refractivity contribution in [3.05, 3.63) is 81.4 Å². The number of carbonyl (C=O) groups is 1. The van der Waals surface area contributed by atoms with Gasteiger partial charge >= 0.3 is 5.97 Å². The van der Waals surface area contributed by atoms with E-state index in [0.717, 1.165) is 17.2 Å². The monoisotopic (exact) mass is 340 g/mol. The topological polar surface area (TPSA) is 85.3 Å². The van der Waals surface area contributed by atoms with Gasteiger partial charge in [-0.15, -0.1) is 0 Å². The molecule has 3 rings (SSSR count). The predicted molar refractivity (Wildman–Crippen MR) is 92.9 cm³/mol. The number of hydrogen-bond donors (Lipinski definition) is 2.